The smallest absolute Gasteiger partial charge is 0.0394 e. The summed E-state index contributed by atoms with van der Waals surface area (Å²) in [5.74, 6) is 0.682. The fourth-order valence-corrected chi connectivity index (χ4v) is 2.32. The summed E-state index contributed by atoms with van der Waals surface area (Å²) >= 11 is 1.77. The first-order valence-electron chi connectivity index (χ1n) is 4.41. The first-order chi connectivity index (χ1) is 5.61. The summed E-state index contributed by atoms with van der Waals surface area (Å²) in [6, 6.07) is 2.38. The molecule has 0 unspecified atom stereocenters. The molecule has 0 aromatic carbocycles. The fraction of sp³-hybridized carbons (Fsp3) is 0.600. The lowest BCUT2D eigenvalue weighted by Crippen LogP contribution is -2.12. The first kappa shape index (κ1) is 12.9. The molecule has 1 aromatic rings. The van der Waals surface area contributed by atoms with Crippen molar-refractivity contribution < 1.29 is 0 Å². The predicted molar refractivity (Wildman–Crippen MR) is 62.7 cm³/mol. The van der Waals surface area contributed by atoms with E-state index in [1.54, 1.807) is 11.3 Å². The standard InChI is InChI=1S/C10H17NS.ClH/c1-7(2)6-9(11)10-8(3)4-5-12-10;/h4-5,7,9H,6,11H2,1-3H3;1H/t9-;/m1./s1. The van der Waals surface area contributed by atoms with Gasteiger partial charge in [-0.05, 0) is 36.3 Å². The molecule has 0 bridgehead atoms. The Morgan fingerprint density at radius 1 is 1.46 bits per heavy atom. The van der Waals surface area contributed by atoms with Crippen molar-refractivity contribution in [1.29, 1.82) is 0 Å². The molecular weight excluding hydrogens is 202 g/mol. The number of hydrogen-bond donors (Lipinski definition) is 1. The third kappa shape index (κ3) is 3.67. The number of rotatable bonds is 3. The van der Waals surface area contributed by atoms with Gasteiger partial charge in [0.15, 0.2) is 0 Å². The zero-order valence-corrected chi connectivity index (χ0v) is 10.0. The van der Waals surface area contributed by atoms with Crippen LogP contribution in [-0.2, 0) is 0 Å². The van der Waals surface area contributed by atoms with Crippen molar-refractivity contribution in [3.8, 4) is 0 Å². The molecule has 0 fully saturated rings. The molecule has 0 saturated heterocycles. The molecule has 0 aliphatic carbocycles. The van der Waals surface area contributed by atoms with Crippen molar-refractivity contribution >= 4 is 23.7 Å². The van der Waals surface area contributed by atoms with Crippen molar-refractivity contribution in [2.75, 3.05) is 0 Å². The minimum absolute atomic E-state index is 0. The molecule has 2 N–H and O–H groups in total. The minimum Gasteiger partial charge on any atom is -0.323 e. The van der Waals surface area contributed by atoms with Crippen LogP contribution >= 0.6 is 23.7 Å². The Morgan fingerprint density at radius 2 is 2.08 bits per heavy atom. The van der Waals surface area contributed by atoms with Crippen LogP contribution < -0.4 is 5.73 Å². The zero-order chi connectivity index (χ0) is 9.14. The third-order valence-corrected chi connectivity index (χ3v) is 3.11. The van der Waals surface area contributed by atoms with E-state index in [1.807, 2.05) is 0 Å². The average molecular weight is 220 g/mol. The average Bonchev–Trinajstić information content (AvgIpc) is 2.33. The molecule has 0 aliphatic rings. The van der Waals surface area contributed by atoms with E-state index in [0.717, 1.165) is 6.42 Å². The van der Waals surface area contributed by atoms with Crippen molar-refractivity contribution in [2.24, 2.45) is 11.7 Å². The van der Waals surface area contributed by atoms with E-state index < -0.39 is 0 Å². The van der Waals surface area contributed by atoms with E-state index in [2.05, 4.69) is 32.2 Å². The van der Waals surface area contributed by atoms with E-state index in [4.69, 9.17) is 5.73 Å². The summed E-state index contributed by atoms with van der Waals surface area (Å²) in [5, 5.41) is 2.12. The van der Waals surface area contributed by atoms with Crippen LogP contribution in [0.4, 0.5) is 0 Å². The molecule has 0 aliphatic heterocycles. The van der Waals surface area contributed by atoms with Gasteiger partial charge in [-0.3, -0.25) is 0 Å². The van der Waals surface area contributed by atoms with Gasteiger partial charge in [-0.2, -0.15) is 0 Å². The first-order valence-corrected chi connectivity index (χ1v) is 5.28. The summed E-state index contributed by atoms with van der Waals surface area (Å²) in [6.45, 7) is 6.55. The van der Waals surface area contributed by atoms with Crippen LogP contribution in [0.2, 0.25) is 0 Å². The van der Waals surface area contributed by atoms with Gasteiger partial charge in [0, 0.05) is 10.9 Å². The predicted octanol–water partition coefficient (Wildman–Crippen LogP) is 3.52. The molecule has 0 amide bonds. The molecule has 1 nitrogen and oxygen atoms in total. The Hall–Kier alpha value is -0.0500. The van der Waals surface area contributed by atoms with E-state index in [1.165, 1.54) is 10.4 Å². The summed E-state index contributed by atoms with van der Waals surface area (Å²) in [7, 11) is 0. The highest BCUT2D eigenvalue weighted by atomic mass is 35.5. The maximum Gasteiger partial charge on any atom is 0.0394 e. The largest absolute Gasteiger partial charge is 0.323 e. The molecule has 13 heavy (non-hydrogen) atoms. The zero-order valence-electron chi connectivity index (χ0n) is 8.41. The Labute approximate surface area is 90.8 Å². The van der Waals surface area contributed by atoms with Crippen molar-refractivity contribution in [3.05, 3.63) is 21.9 Å². The Bertz CT molecular complexity index is 245. The topological polar surface area (TPSA) is 26.0 Å². The van der Waals surface area contributed by atoms with Crippen LogP contribution in [0, 0.1) is 12.8 Å². The number of hydrogen-bond acceptors (Lipinski definition) is 2. The van der Waals surface area contributed by atoms with E-state index in [-0.39, 0.29) is 18.4 Å². The Balaban J connectivity index is 0.00000144. The maximum absolute atomic E-state index is 6.05. The molecule has 1 atom stereocenters. The van der Waals surface area contributed by atoms with Crippen molar-refractivity contribution in [2.45, 2.75) is 33.2 Å². The van der Waals surface area contributed by atoms with Crippen LogP contribution in [0.5, 0.6) is 0 Å². The van der Waals surface area contributed by atoms with Gasteiger partial charge in [-0.25, -0.2) is 0 Å². The molecule has 1 aromatic heterocycles. The fourth-order valence-electron chi connectivity index (χ4n) is 1.38. The molecule has 0 radical (unpaired) electrons. The number of halogens is 1. The summed E-state index contributed by atoms with van der Waals surface area (Å²) in [6.07, 6.45) is 1.08. The summed E-state index contributed by atoms with van der Waals surface area (Å²) in [5.41, 5.74) is 7.39. The number of aryl methyl sites for hydroxylation is 1. The normalized spacial score (nSPS) is 12.7. The van der Waals surface area contributed by atoms with Crippen LogP contribution in [0.25, 0.3) is 0 Å². The Kier molecular flexibility index (Phi) is 5.61. The van der Waals surface area contributed by atoms with Gasteiger partial charge in [-0.1, -0.05) is 13.8 Å². The van der Waals surface area contributed by atoms with Gasteiger partial charge < -0.3 is 5.73 Å². The van der Waals surface area contributed by atoms with Crippen molar-refractivity contribution in [1.82, 2.24) is 0 Å². The van der Waals surface area contributed by atoms with Crippen molar-refractivity contribution in [3.63, 3.8) is 0 Å². The molecular formula is C10H18ClNS. The highest BCUT2D eigenvalue weighted by Gasteiger charge is 2.11. The SMILES string of the molecule is Cc1ccsc1[C@H](N)CC(C)C.Cl. The molecule has 0 saturated carbocycles. The lowest BCUT2D eigenvalue weighted by Gasteiger charge is -2.13. The van der Waals surface area contributed by atoms with E-state index in [0.29, 0.717) is 5.92 Å². The van der Waals surface area contributed by atoms with Gasteiger partial charge in [-0.15, -0.1) is 23.7 Å². The minimum atomic E-state index is 0. The van der Waals surface area contributed by atoms with Gasteiger partial charge in [0.05, 0.1) is 0 Å². The second-order valence-corrected chi connectivity index (χ2v) is 4.65. The van der Waals surface area contributed by atoms with Gasteiger partial charge >= 0.3 is 0 Å². The lowest BCUT2D eigenvalue weighted by atomic mass is 10.0. The second kappa shape index (κ2) is 5.63. The second-order valence-electron chi connectivity index (χ2n) is 3.70. The third-order valence-electron chi connectivity index (χ3n) is 1.96. The van der Waals surface area contributed by atoms with Crippen LogP contribution in [-0.4, -0.2) is 0 Å². The Morgan fingerprint density at radius 3 is 2.46 bits per heavy atom. The summed E-state index contributed by atoms with van der Waals surface area (Å²) in [4.78, 5) is 1.35. The van der Waals surface area contributed by atoms with E-state index in [9.17, 15) is 0 Å². The molecule has 3 heteroatoms. The van der Waals surface area contributed by atoms with Gasteiger partial charge in [0.2, 0.25) is 0 Å². The maximum atomic E-state index is 6.05. The number of nitrogens with two attached hydrogens (primary N) is 1. The summed E-state index contributed by atoms with van der Waals surface area (Å²) < 4.78 is 0. The molecule has 76 valence electrons. The highest BCUT2D eigenvalue weighted by molar-refractivity contribution is 7.10. The molecule has 0 spiro atoms. The molecule has 1 heterocycles. The van der Waals surface area contributed by atoms with Gasteiger partial charge in [0.1, 0.15) is 0 Å². The molecule has 1 rings (SSSR count). The van der Waals surface area contributed by atoms with Crippen LogP contribution in [0.3, 0.4) is 0 Å². The quantitative estimate of drug-likeness (QED) is 0.827. The van der Waals surface area contributed by atoms with E-state index >= 15 is 0 Å². The monoisotopic (exact) mass is 219 g/mol. The van der Waals surface area contributed by atoms with Crippen LogP contribution in [0.1, 0.15) is 36.8 Å². The van der Waals surface area contributed by atoms with Crippen LogP contribution in [0.15, 0.2) is 11.4 Å². The number of thiophene rings is 1. The van der Waals surface area contributed by atoms with Gasteiger partial charge in [0.25, 0.3) is 0 Å². The highest BCUT2D eigenvalue weighted by Crippen LogP contribution is 2.26. The lowest BCUT2D eigenvalue weighted by molar-refractivity contribution is 0.514.